The van der Waals surface area contributed by atoms with Crippen molar-refractivity contribution in [2.75, 3.05) is 22.5 Å². The molecule has 29 heavy (non-hydrogen) atoms. The van der Waals surface area contributed by atoms with E-state index in [4.69, 9.17) is 16.0 Å². The maximum absolute atomic E-state index is 12.3. The average Bonchev–Trinajstić information content (AvgIpc) is 3.29. The van der Waals surface area contributed by atoms with Crippen LogP contribution < -0.4 is 26.8 Å². The number of furan rings is 1. The molecule has 7 nitrogen and oxygen atoms in total. The Kier molecular flexibility index (Phi) is 4.70. The molecule has 1 atom stereocenters. The number of carbonyl (C=O) groups is 1. The van der Waals surface area contributed by atoms with E-state index in [1.54, 1.807) is 12.1 Å². The molecule has 3 aromatic rings. The number of benzene rings is 1. The third-order valence-corrected chi connectivity index (χ3v) is 5.38. The summed E-state index contributed by atoms with van der Waals surface area (Å²) < 4.78 is 5.71. The van der Waals surface area contributed by atoms with E-state index in [2.05, 4.69) is 16.0 Å². The second kappa shape index (κ2) is 7.08. The Morgan fingerprint density at radius 3 is 2.45 bits per heavy atom. The molecule has 0 amide bonds. The van der Waals surface area contributed by atoms with E-state index in [0.29, 0.717) is 27.7 Å². The molecule has 0 saturated heterocycles. The molecule has 3 N–H and O–H groups in total. The first-order chi connectivity index (χ1) is 13.8. The number of carbonyl (C=O) groups excluding carboxylic acids is 1. The van der Waals surface area contributed by atoms with E-state index < -0.39 is 10.9 Å². The van der Waals surface area contributed by atoms with Crippen LogP contribution in [0.3, 0.4) is 0 Å². The highest BCUT2D eigenvalue weighted by atomic mass is 35.5. The van der Waals surface area contributed by atoms with E-state index in [1.165, 1.54) is 0 Å². The summed E-state index contributed by atoms with van der Waals surface area (Å²) in [6, 6.07) is 6.68. The summed E-state index contributed by atoms with van der Waals surface area (Å²) in [5, 5.41) is 9.49. The fourth-order valence-electron chi connectivity index (χ4n) is 3.53. The predicted octanol–water partition coefficient (Wildman–Crippen LogP) is 4.00. The average molecular weight is 414 g/mol. The second-order valence-electron chi connectivity index (χ2n) is 7.47. The first-order valence-corrected chi connectivity index (χ1v) is 9.68. The Morgan fingerprint density at radius 2 is 1.79 bits per heavy atom. The Balaban J connectivity index is 1.68. The fourth-order valence-corrected chi connectivity index (χ4v) is 3.75. The monoisotopic (exact) mass is 413 g/mol. The zero-order valence-corrected chi connectivity index (χ0v) is 16.9. The molecule has 4 rings (SSSR count). The topological polar surface area (TPSA) is 100 Å². The van der Waals surface area contributed by atoms with Gasteiger partial charge in [0.05, 0.1) is 34.5 Å². The molecule has 0 bridgehead atoms. The number of halogens is 1. The van der Waals surface area contributed by atoms with Crippen molar-refractivity contribution < 1.29 is 9.21 Å². The molecule has 1 aliphatic heterocycles. The summed E-state index contributed by atoms with van der Waals surface area (Å²) in [6.45, 7) is 5.96. The van der Waals surface area contributed by atoms with Gasteiger partial charge < -0.3 is 20.4 Å². The van der Waals surface area contributed by atoms with Gasteiger partial charge in [-0.2, -0.15) is 0 Å². The quantitative estimate of drug-likeness (QED) is 0.525. The molecule has 0 fully saturated rings. The number of hydrogen-bond donors (Lipinski definition) is 3. The summed E-state index contributed by atoms with van der Waals surface area (Å²) in [5.41, 5.74) is 0.436. The van der Waals surface area contributed by atoms with Gasteiger partial charge in [0.1, 0.15) is 22.9 Å². The third kappa shape index (κ3) is 3.21. The molecular weight excluding hydrogens is 394 g/mol. The van der Waals surface area contributed by atoms with Gasteiger partial charge in [0.15, 0.2) is 5.78 Å². The minimum absolute atomic E-state index is 0.100. The first-order valence-electron chi connectivity index (χ1n) is 9.30. The minimum atomic E-state index is -0.632. The number of rotatable bonds is 6. The maximum atomic E-state index is 12.3. The molecule has 0 radical (unpaired) electrons. The lowest BCUT2D eigenvalue weighted by Crippen LogP contribution is -2.38. The smallest absolute Gasteiger partial charge is 0.253 e. The van der Waals surface area contributed by atoms with Gasteiger partial charge in [-0.3, -0.25) is 14.4 Å². The van der Waals surface area contributed by atoms with Crippen molar-refractivity contribution in [2.24, 2.45) is 5.92 Å². The lowest BCUT2D eigenvalue weighted by atomic mass is 10.00. The summed E-state index contributed by atoms with van der Waals surface area (Å²) >= 11 is 6.15. The highest BCUT2D eigenvalue weighted by molar-refractivity contribution is 6.35. The number of ketones is 1. The minimum Gasteiger partial charge on any atom is -0.464 e. The van der Waals surface area contributed by atoms with E-state index >= 15 is 0 Å². The first kappa shape index (κ1) is 19.3. The zero-order chi connectivity index (χ0) is 20.9. The number of Topliss-reactive ketones (excluding diaryl/α,β-unsaturated/α-hetero) is 1. The van der Waals surface area contributed by atoms with Crippen molar-refractivity contribution >= 4 is 40.1 Å². The summed E-state index contributed by atoms with van der Waals surface area (Å²) in [4.78, 5) is 36.8. The normalized spacial score (nSPS) is 14.2. The molecule has 0 saturated carbocycles. The van der Waals surface area contributed by atoms with Crippen molar-refractivity contribution in [3.05, 3.63) is 66.8 Å². The second-order valence-corrected chi connectivity index (χ2v) is 7.88. The van der Waals surface area contributed by atoms with Crippen LogP contribution in [0.5, 0.6) is 0 Å². The summed E-state index contributed by atoms with van der Waals surface area (Å²) in [6.07, 6.45) is 0. The van der Waals surface area contributed by atoms with E-state index in [9.17, 15) is 14.4 Å². The molecule has 1 aromatic heterocycles. The Labute approximate surface area is 171 Å². The number of aryl methyl sites for hydroxylation is 1. The molecule has 8 heteroatoms. The molecule has 1 unspecified atom stereocenters. The van der Waals surface area contributed by atoms with Gasteiger partial charge in [-0.1, -0.05) is 25.4 Å². The molecule has 150 valence electrons. The highest BCUT2D eigenvalue weighted by Gasteiger charge is 2.30. The maximum Gasteiger partial charge on any atom is 0.253 e. The standard InChI is InChI=1S/C21H20ClN3O4/c1-9(2)16(14-7-4-10(3)29-14)25-19-18(20(27)21(19)28)24-12-6-5-11(22)17-15(12)13(26)8-23-17/h4-7,9,16,23-25H,8H2,1-3H3. The van der Waals surface area contributed by atoms with Crippen LogP contribution in [0, 0.1) is 12.8 Å². The van der Waals surface area contributed by atoms with Gasteiger partial charge in [0.25, 0.3) is 10.9 Å². The predicted molar refractivity (Wildman–Crippen MR) is 114 cm³/mol. The lowest BCUT2D eigenvalue weighted by Gasteiger charge is -2.24. The number of fused-ring (bicyclic) bond motifs is 1. The molecule has 1 aliphatic rings. The van der Waals surface area contributed by atoms with E-state index in [0.717, 1.165) is 5.76 Å². The number of anilines is 4. The van der Waals surface area contributed by atoms with Crippen molar-refractivity contribution in [2.45, 2.75) is 26.8 Å². The lowest BCUT2D eigenvalue weighted by molar-refractivity contribution is 0.101. The highest BCUT2D eigenvalue weighted by Crippen LogP contribution is 2.38. The van der Waals surface area contributed by atoms with Gasteiger partial charge in [-0.25, -0.2) is 0 Å². The van der Waals surface area contributed by atoms with Crippen molar-refractivity contribution in [1.29, 1.82) is 0 Å². The van der Waals surface area contributed by atoms with E-state index in [-0.39, 0.29) is 35.7 Å². The summed E-state index contributed by atoms with van der Waals surface area (Å²) in [5.74, 6) is 1.41. The van der Waals surface area contributed by atoms with Gasteiger partial charge in [-0.05, 0) is 37.1 Å². The van der Waals surface area contributed by atoms with Crippen LogP contribution in [0.4, 0.5) is 22.7 Å². The summed E-state index contributed by atoms with van der Waals surface area (Å²) in [7, 11) is 0. The molecule has 0 spiro atoms. The van der Waals surface area contributed by atoms with Gasteiger partial charge in [0.2, 0.25) is 0 Å². The molecule has 2 aromatic carbocycles. The Bertz CT molecular complexity index is 1190. The van der Waals surface area contributed by atoms with Gasteiger partial charge >= 0.3 is 0 Å². The van der Waals surface area contributed by atoms with E-state index in [1.807, 2.05) is 32.9 Å². The zero-order valence-electron chi connectivity index (χ0n) is 16.2. The molecule has 2 heterocycles. The van der Waals surface area contributed by atoms with Gasteiger partial charge in [-0.15, -0.1) is 0 Å². The van der Waals surface area contributed by atoms with Gasteiger partial charge in [0, 0.05) is 0 Å². The Morgan fingerprint density at radius 1 is 1.07 bits per heavy atom. The fraction of sp³-hybridized carbons (Fsp3) is 0.286. The Hall–Kier alpha value is -3.06. The van der Waals surface area contributed by atoms with Crippen molar-refractivity contribution in [3.8, 4) is 0 Å². The SMILES string of the molecule is Cc1ccc(C(Nc2c(Nc3ccc(Cl)c4c3C(=O)CN4)c(=O)c2=O)C(C)C)o1. The number of hydrogen-bond acceptors (Lipinski definition) is 7. The van der Waals surface area contributed by atoms with Crippen LogP contribution in [-0.4, -0.2) is 12.3 Å². The number of nitrogens with one attached hydrogen (secondary N) is 3. The van der Waals surface area contributed by atoms with Crippen LogP contribution in [0.25, 0.3) is 0 Å². The van der Waals surface area contributed by atoms with Crippen molar-refractivity contribution in [3.63, 3.8) is 0 Å². The van der Waals surface area contributed by atoms with Crippen molar-refractivity contribution in [1.82, 2.24) is 0 Å². The van der Waals surface area contributed by atoms with Crippen LogP contribution in [0.1, 0.15) is 41.8 Å². The molecule has 0 aliphatic carbocycles. The van der Waals surface area contributed by atoms with Crippen LogP contribution in [0.2, 0.25) is 5.02 Å². The van der Waals surface area contributed by atoms with Crippen LogP contribution in [-0.2, 0) is 0 Å². The van der Waals surface area contributed by atoms with Crippen LogP contribution >= 0.6 is 11.6 Å². The third-order valence-electron chi connectivity index (χ3n) is 5.06. The van der Waals surface area contributed by atoms with Crippen LogP contribution in [0.15, 0.2) is 38.3 Å². The molecular formula is C21H20ClN3O4. The largest absolute Gasteiger partial charge is 0.464 e.